The van der Waals surface area contributed by atoms with E-state index in [0.29, 0.717) is 28.7 Å². The zero-order valence-electron chi connectivity index (χ0n) is 23.1. The number of amides is 1. The molecule has 0 aliphatic carbocycles. The first kappa shape index (κ1) is 27.1. The van der Waals surface area contributed by atoms with Gasteiger partial charge in [-0.2, -0.15) is 0 Å². The van der Waals surface area contributed by atoms with Crippen molar-refractivity contribution in [3.63, 3.8) is 0 Å². The van der Waals surface area contributed by atoms with E-state index in [9.17, 15) is 4.79 Å². The summed E-state index contributed by atoms with van der Waals surface area (Å²) in [4.78, 5) is 16.5. The number of rotatable bonds is 7. The Labute approximate surface area is 245 Å². The fraction of sp³-hybridized carbons (Fsp3) is 0.235. The number of nitrogens with one attached hydrogen (secondary N) is 2. The molecule has 1 atom stereocenters. The molecule has 5 aromatic rings. The van der Waals surface area contributed by atoms with E-state index in [1.54, 1.807) is 0 Å². The van der Waals surface area contributed by atoms with Gasteiger partial charge in [-0.3, -0.25) is 10.2 Å². The van der Waals surface area contributed by atoms with E-state index in [0.717, 1.165) is 58.7 Å². The molecule has 1 aromatic heterocycles. The number of nitrogen functional groups attached to an aromatic ring is 1. The maximum Gasteiger partial charge on any atom is 0.268 e. The summed E-state index contributed by atoms with van der Waals surface area (Å²) in [5.74, 6) is 0.259. The molecule has 1 saturated heterocycles. The first-order valence-corrected chi connectivity index (χ1v) is 14.4. The molecule has 6 rings (SSSR count). The number of halogens is 1. The van der Waals surface area contributed by atoms with Crippen molar-refractivity contribution in [2.75, 3.05) is 20.1 Å². The SMILES string of the molecule is CN1CCC([C@@H](NC(=O)c2cc3ccccc3n2Cc2cccc(C(=N)N)c2)c2ccc3cc(Cl)ccc3c2)CC1. The number of nitrogens with zero attached hydrogens (tertiary/aromatic N) is 2. The molecule has 0 saturated carbocycles. The number of para-hydroxylation sites is 1. The van der Waals surface area contributed by atoms with Crippen LogP contribution in [0.5, 0.6) is 0 Å². The molecular weight excluding hydrogens is 530 g/mol. The number of carbonyl (C=O) groups is 1. The van der Waals surface area contributed by atoms with E-state index in [1.165, 1.54) is 0 Å². The minimum absolute atomic E-state index is 0.0285. The van der Waals surface area contributed by atoms with Gasteiger partial charge in [-0.05, 0) is 97.2 Å². The van der Waals surface area contributed by atoms with Gasteiger partial charge in [0, 0.05) is 28.0 Å². The number of hydrogen-bond donors (Lipinski definition) is 3. The van der Waals surface area contributed by atoms with E-state index >= 15 is 0 Å². The van der Waals surface area contributed by atoms with Crippen LogP contribution in [-0.4, -0.2) is 41.3 Å². The van der Waals surface area contributed by atoms with Crippen molar-refractivity contribution in [1.82, 2.24) is 14.8 Å². The van der Waals surface area contributed by atoms with Crippen LogP contribution in [0.25, 0.3) is 21.7 Å². The van der Waals surface area contributed by atoms with E-state index in [1.807, 2.05) is 72.8 Å². The second-order valence-electron chi connectivity index (χ2n) is 11.1. The summed E-state index contributed by atoms with van der Waals surface area (Å²) in [6, 6.07) is 29.9. The van der Waals surface area contributed by atoms with Crippen molar-refractivity contribution in [2.24, 2.45) is 11.7 Å². The quantitative estimate of drug-likeness (QED) is 0.154. The van der Waals surface area contributed by atoms with E-state index in [4.69, 9.17) is 22.7 Å². The minimum Gasteiger partial charge on any atom is -0.384 e. The molecule has 0 radical (unpaired) electrons. The van der Waals surface area contributed by atoms with Crippen LogP contribution < -0.4 is 11.1 Å². The van der Waals surface area contributed by atoms with E-state index < -0.39 is 0 Å². The van der Waals surface area contributed by atoms with Crippen molar-refractivity contribution < 1.29 is 4.79 Å². The van der Waals surface area contributed by atoms with Crippen LogP contribution >= 0.6 is 11.6 Å². The van der Waals surface area contributed by atoms with Crippen molar-refractivity contribution >= 4 is 45.0 Å². The summed E-state index contributed by atoms with van der Waals surface area (Å²) in [5, 5.41) is 15.2. The molecule has 1 fully saturated rings. The average molecular weight is 564 g/mol. The van der Waals surface area contributed by atoms with Crippen molar-refractivity contribution in [1.29, 1.82) is 5.41 Å². The lowest BCUT2D eigenvalue weighted by molar-refractivity contribution is 0.0892. The van der Waals surface area contributed by atoms with Gasteiger partial charge < -0.3 is 20.5 Å². The van der Waals surface area contributed by atoms with Gasteiger partial charge in [0.2, 0.25) is 0 Å². The van der Waals surface area contributed by atoms with Gasteiger partial charge in [0.05, 0.1) is 6.04 Å². The number of carbonyl (C=O) groups excluding carboxylic acids is 1. The zero-order valence-corrected chi connectivity index (χ0v) is 23.9. The zero-order chi connectivity index (χ0) is 28.5. The maximum atomic E-state index is 14.2. The molecule has 41 heavy (non-hydrogen) atoms. The summed E-state index contributed by atoms with van der Waals surface area (Å²) in [5.41, 5.74) is 10.1. The second kappa shape index (κ2) is 11.4. The third-order valence-corrected chi connectivity index (χ3v) is 8.56. The predicted octanol–water partition coefficient (Wildman–Crippen LogP) is 6.59. The van der Waals surface area contributed by atoms with Gasteiger partial charge in [-0.1, -0.05) is 66.2 Å². The van der Waals surface area contributed by atoms with Crippen LogP contribution in [-0.2, 0) is 6.54 Å². The van der Waals surface area contributed by atoms with Crippen LogP contribution in [0.4, 0.5) is 0 Å². The average Bonchev–Trinajstić information content (AvgIpc) is 3.34. The first-order chi connectivity index (χ1) is 19.9. The summed E-state index contributed by atoms with van der Waals surface area (Å²) >= 11 is 6.24. The molecule has 1 amide bonds. The Hall–Kier alpha value is -4.13. The summed E-state index contributed by atoms with van der Waals surface area (Å²) in [6.07, 6.45) is 2.03. The van der Waals surface area contributed by atoms with Gasteiger partial charge in [-0.15, -0.1) is 0 Å². The fourth-order valence-corrected chi connectivity index (χ4v) is 6.25. The number of benzene rings is 4. The molecule has 4 aromatic carbocycles. The Morgan fingerprint density at radius 1 is 0.951 bits per heavy atom. The smallest absolute Gasteiger partial charge is 0.268 e. The topological polar surface area (TPSA) is 87.1 Å². The molecule has 208 valence electrons. The van der Waals surface area contributed by atoms with Crippen molar-refractivity contribution in [3.8, 4) is 0 Å². The normalized spacial score (nSPS) is 15.3. The first-order valence-electron chi connectivity index (χ1n) is 14.1. The summed E-state index contributed by atoms with van der Waals surface area (Å²) in [6.45, 7) is 2.51. The standard InChI is InChI=1S/C34H34ClN5O/c1-39-15-13-23(14-16-39)32(27-10-9-25-19-29(35)12-11-24(25)18-27)38-34(41)31-20-26-6-2-3-8-30(26)40(31)21-22-5-4-7-28(17-22)33(36)37/h2-12,17-20,23,32H,13-16,21H2,1H3,(H3,36,37)(H,38,41)/t32-/m1/s1. The number of nitrogens with two attached hydrogens (primary N) is 1. The van der Waals surface area contributed by atoms with Gasteiger partial charge in [0.15, 0.2) is 0 Å². The summed E-state index contributed by atoms with van der Waals surface area (Å²) < 4.78 is 2.07. The van der Waals surface area contributed by atoms with Crippen LogP contribution in [0.1, 0.15) is 46.1 Å². The van der Waals surface area contributed by atoms with Crippen molar-refractivity contribution in [2.45, 2.75) is 25.4 Å². The Morgan fingerprint density at radius 2 is 1.71 bits per heavy atom. The van der Waals surface area contributed by atoms with Crippen LogP contribution in [0, 0.1) is 11.3 Å². The third kappa shape index (κ3) is 5.71. The number of piperidine rings is 1. The molecule has 7 heteroatoms. The van der Waals surface area contributed by atoms with Gasteiger partial charge in [0.1, 0.15) is 11.5 Å². The third-order valence-electron chi connectivity index (χ3n) is 8.33. The molecule has 2 heterocycles. The Kier molecular flexibility index (Phi) is 7.52. The highest BCUT2D eigenvalue weighted by atomic mass is 35.5. The molecule has 0 unspecified atom stereocenters. The summed E-state index contributed by atoms with van der Waals surface area (Å²) in [7, 11) is 2.16. The molecular formula is C34H34ClN5O. The lowest BCUT2D eigenvalue weighted by Crippen LogP contribution is -2.40. The number of likely N-dealkylation sites (tertiary alicyclic amines) is 1. The highest BCUT2D eigenvalue weighted by Gasteiger charge is 2.29. The highest BCUT2D eigenvalue weighted by molar-refractivity contribution is 6.31. The van der Waals surface area contributed by atoms with Crippen LogP contribution in [0.2, 0.25) is 5.02 Å². The minimum atomic E-state index is -0.121. The number of amidine groups is 1. The highest BCUT2D eigenvalue weighted by Crippen LogP contribution is 2.33. The maximum absolute atomic E-state index is 14.2. The molecule has 0 bridgehead atoms. The molecule has 1 aliphatic heterocycles. The Bertz CT molecular complexity index is 1750. The van der Waals surface area contributed by atoms with Crippen LogP contribution in [0.15, 0.2) is 91.0 Å². The lowest BCUT2D eigenvalue weighted by atomic mass is 9.84. The van der Waals surface area contributed by atoms with E-state index in [-0.39, 0.29) is 17.8 Å². The van der Waals surface area contributed by atoms with Crippen molar-refractivity contribution in [3.05, 3.63) is 118 Å². The number of hydrogen-bond acceptors (Lipinski definition) is 3. The lowest BCUT2D eigenvalue weighted by Gasteiger charge is -2.35. The second-order valence-corrected chi connectivity index (χ2v) is 11.6. The predicted molar refractivity (Wildman–Crippen MR) is 168 cm³/mol. The molecule has 6 nitrogen and oxygen atoms in total. The van der Waals surface area contributed by atoms with Gasteiger partial charge in [0.25, 0.3) is 5.91 Å². The molecule has 4 N–H and O–H groups in total. The molecule has 1 aliphatic rings. The number of fused-ring (bicyclic) bond motifs is 2. The monoisotopic (exact) mass is 563 g/mol. The van der Waals surface area contributed by atoms with Crippen LogP contribution in [0.3, 0.4) is 0 Å². The Morgan fingerprint density at radius 3 is 2.51 bits per heavy atom. The van der Waals surface area contributed by atoms with Gasteiger partial charge in [-0.25, -0.2) is 0 Å². The largest absolute Gasteiger partial charge is 0.384 e. The molecule has 0 spiro atoms. The fourth-order valence-electron chi connectivity index (χ4n) is 6.07. The van der Waals surface area contributed by atoms with E-state index in [2.05, 4.69) is 40.0 Å². The van der Waals surface area contributed by atoms with Gasteiger partial charge >= 0.3 is 0 Å². The number of aromatic nitrogens is 1. The Balaban J connectivity index is 1.37.